The Morgan fingerprint density at radius 3 is 2.45 bits per heavy atom. The average Bonchev–Trinajstić information content (AvgIpc) is 3.88. The van der Waals surface area contributed by atoms with Gasteiger partial charge in [-0.15, -0.1) is 10.2 Å². The number of hydrogen-bond donors (Lipinski definition) is 3. The summed E-state index contributed by atoms with van der Waals surface area (Å²) in [7, 11) is -3.82. The van der Waals surface area contributed by atoms with Crippen LogP contribution in [0.3, 0.4) is 0 Å². The van der Waals surface area contributed by atoms with Crippen LogP contribution in [0.4, 0.5) is 9.52 Å². The number of aromatic nitrogens is 5. The second kappa shape index (κ2) is 22.7. The van der Waals surface area contributed by atoms with Gasteiger partial charge < -0.3 is 19.8 Å². The molecule has 1 aliphatic carbocycles. The van der Waals surface area contributed by atoms with Gasteiger partial charge in [-0.1, -0.05) is 71.9 Å². The number of piperidine rings is 1. The lowest BCUT2D eigenvalue weighted by Gasteiger charge is -2.32. The first-order chi connectivity index (χ1) is 30.7. The fourth-order valence-electron chi connectivity index (χ4n) is 8.34. The van der Waals surface area contributed by atoms with Crippen LogP contribution in [0, 0.1) is 18.2 Å². The highest BCUT2D eigenvalue weighted by atomic mass is 32.2. The molecule has 65 heavy (non-hydrogen) atoms. The van der Waals surface area contributed by atoms with E-state index in [0.717, 1.165) is 104 Å². The molecule has 3 aliphatic rings. The average molecular weight is 933 g/mol. The minimum Gasteiger partial charge on any atom is -0.478 e. The second-order valence-corrected chi connectivity index (χ2v) is 20.2. The summed E-state index contributed by atoms with van der Waals surface area (Å²) in [6, 6.07) is 4.63. The molecule has 0 radical (unpaired) electrons. The summed E-state index contributed by atoms with van der Waals surface area (Å²) in [5, 5.41) is 27.6. The number of primary sulfonamides is 1. The molecule has 350 valence electrons. The molecule has 1 aromatic carbocycles. The van der Waals surface area contributed by atoms with Gasteiger partial charge in [0.25, 0.3) is 15.6 Å². The number of nitrogens with two attached hydrogens (primary N) is 1. The Labute approximate surface area is 384 Å². The van der Waals surface area contributed by atoms with E-state index in [1.165, 1.54) is 55.5 Å². The van der Waals surface area contributed by atoms with E-state index < -0.39 is 16.0 Å². The first-order valence-electron chi connectivity index (χ1n) is 21.9. The third kappa shape index (κ3) is 14.5. The van der Waals surface area contributed by atoms with Crippen LogP contribution < -0.4 is 16.0 Å². The minimum absolute atomic E-state index is 0.108. The number of anilines is 1. The number of aliphatic carboxylic acids is 1. The van der Waals surface area contributed by atoms with Crippen molar-refractivity contribution < 1.29 is 32.0 Å². The van der Waals surface area contributed by atoms with E-state index in [9.17, 15) is 27.2 Å². The Morgan fingerprint density at radius 2 is 1.78 bits per heavy atom. The molecule has 15 nitrogen and oxygen atoms in total. The Bertz CT molecular complexity index is 2680. The Kier molecular flexibility index (Phi) is 17.6. The zero-order valence-electron chi connectivity index (χ0n) is 38.3. The van der Waals surface area contributed by atoms with Gasteiger partial charge in [-0.05, 0) is 121 Å². The molecule has 2 aliphatic heterocycles. The van der Waals surface area contributed by atoms with Gasteiger partial charge in [0.2, 0.25) is 15.4 Å². The van der Waals surface area contributed by atoms with Gasteiger partial charge in [-0.3, -0.25) is 14.2 Å². The predicted octanol–water partition coefficient (Wildman–Crippen LogP) is 8.34. The standard InChI is InChI=1S/C23H27FN4O2.C20H28O2.C4H6N4O3S2/c1-15-18(23(29)28-10-3-2-4-21(28)25-15)9-13-27-11-7-16(8-12-27)22-19-6-5-17(24)14-20(19)30-26-22;1-15(8-6-9-16(2)14-19(21)22)11-12-18-17(3)10-7-13-20(18,4)5;1-2(9)6-3-7-8-4(12-3)13(5,10)11/h5-6,14,16H,2-4,7-13H2,1H3;6,8-9,11-12,14H,7,10,13H2,1-5H3,(H,21,22);1H3,(H2,5,10,11)(H,6,7,9)/b;9-6+,12-11+,15-8+,16-14-;. The zero-order chi connectivity index (χ0) is 47.5. The lowest BCUT2D eigenvalue weighted by Crippen LogP contribution is -2.37. The van der Waals surface area contributed by atoms with Crippen LogP contribution in [0.25, 0.3) is 11.0 Å². The van der Waals surface area contributed by atoms with Crippen molar-refractivity contribution in [2.75, 3.05) is 25.0 Å². The maximum Gasteiger partial charge on any atom is 0.328 e. The fourth-order valence-corrected chi connectivity index (χ4v) is 9.72. The van der Waals surface area contributed by atoms with Crippen molar-refractivity contribution in [1.29, 1.82) is 0 Å². The van der Waals surface area contributed by atoms with Gasteiger partial charge in [0.1, 0.15) is 11.6 Å². The Morgan fingerprint density at radius 1 is 1.05 bits per heavy atom. The number of benzene rings is 1. The highest BCUT2D eigenvalue weighted by molar-refractivity contribution is 7.91. The summed E-state index contributed by atoms with van der Waals surface area (Å²) in [6.45, 7) is 17.5. The number of allylic oxidation sites excluding steroid dienone is 9. The first-order valence-corrected chi connectivity index (χ1v) is 24.2. The molecule has 0 saturated carbocycles. The molecule has 0 unspecified atom stereocenters. The Balaban J connectivity index is 0.000000199. The molecule has 4 N–H and O–H groups in total. The number of fused-ring (bicyclic) bond motifs is 2. The van der Waals surface area contributed by atoms with Gasteiger partial charge in [0.15, 0.2) is 5.58 Å². The number of rotatable bonds is 11. The number of carboxylic acids is 1. The molecule has 1 fully saturated rings. The van der Waals surface area contributed by atoms with Crippen molar-refractivity contribution in [2.45, 2.75) is 123 Å². The van der Waals surface area contributed by atoms with Crippen LogP contribution in [0.5, 0.6) is 0 Å². The number of likely N-dealkylation sites (tertiary alicyclic amines) is 1. The molecule has 5 heterocycles. The maximum absolute atomic E-state index is 13.4. The number of nitrogens with zero attached hydrogens (tertiary/aromatic N) is 6. The number of aryl methyl sites for hydroxylation is 2. The molecule has 3 aromatic heterocycles. The van der Waals surface area contributed by atoms with E-state index in [1.54, 1.807) is 19.1 Å². The zero-order valence-corrected chi connectivity index (χ0v) is 40.0. The molecule has 7 rings (SSSR count). The normalized spacial score (nSPS) is 17.4. The van der Waals surface area contributed by atoms with E-state index in [0.29, 0.717) is 22.8 Å². The van der Waals surface area contributed by atoms with Crippen LogP contribution in [0.2, 0.25) is 0 Å². The SMILES string of the molecule is CC(=O)Nc1nnc(S(N)(=O)=O)s1.CC1=C(/C=C/C(C)=C/C=C/C(C)=C\C(=O)O)C(C)(C)CCC1.Cc1nc2n(c(=O)c1CCN1CCC(c3noc4cc(F)ccc34)CC1)CCCC2. The molecule has 18 heteroatoms. The summed E-state index contributed by atoms with van der Waals surface area (Å²) >= 11 is 0.701. The summed E-state index contributed by atoms with van der Waals surface area (Å²) in [5.74, 6) is -0.288. The van der Waals surface area contributed by atoms with Crippen molar-refractivity contribution >= 4 is 49.3 Å². The summed E-state index contributed by atoms with van der Waals surface area (Å²) in [4.78, 5) is 41.1. The van der Waals surface area contributed by atoms with E-state index in [4.69, 9.17) is 19.8 Å². The number of carbonyl (C=O) groups is 2. The third-order valence-electron chi connectivity index (χ3n) is 11.8. The topological polar surface area (TPSA) is 216 Å². The van der Waals surface area contributed by atoms with Gasteiger partial charge >= 0.3 is 5.97 Å². The molecule has 0 bridgehead atoms. The first kappa shape index (κ1) is 50.6. The van der Waals surface area contributed by atoms with Crippen molar-refractivity contribution in [1.82, 2.24) is 29.8 Å². The van der Waals surface area contributed by atoms with Crippen molar-refractivity contribution in [3.8, 4) is 0 Å². The molecule has 1 amide bonds. The largest absolute Gasteiger partial charge is 0.478 e. The van der Waals surface area contributed by atoms with E-state index >= 15 is 0 Å². The highest BCUT2D eigenvalue weighted by Crippen LogP contribution is 2.41. The molecule has 4 aromatic rings. The number of carboxylic acid groups (broad SMARTS) is 1. The van der Waals surface area contributed by atoms with Crippen molar-refractivity contribution in [3.05, 3.63) is 116 Å². The quantitative estimate of drug-likeness (QED) is 0.0735. The predicted molar refractivity (Wildman–Crippen MR) is 252 cm³/mol. The van der Waals surface area contributed by atoms with Crippen LogP contribution in [-0.2, 0) is 39.0 Å². The van der Waals surface area contributed by atoms with Crippen LogP contribution >= 0.6 is 11.3 Å². The number of nitrogens with one attached hydrogen (secondary N) is 1. The smallest absolute Gasteiger partial charge is 0.328 e. The van der Waals surface area contributed by atoms with E-state index in [1.807, 2.05) is 23.6 Å². The summed E-state index contributed by atoms with van der Waals surface area (Å²) in [6.07, 6.45) is 20.8. The number of sulfonamides is 1. The fraction of sp³-hybridized carbons (Fsp3) is 0.468. The highest BCUT2D eigenvalue weighted by Gasteiger charge is 2.27. The van der Waals surface area contributed by atoms with Gasteiger partial charge in [0.05, 0.1) is 5.69 Å². The van der Waals surface area contributed by atoms with Crippen molar-refractivity contribution in [2.24, 2.45) is 10.6 Å². The molecule has 1 saturated heterocycles. The molecule has 0 atom stereocenters. The van der Waals surface area contributed by atoms with Gasteiger partial charge in [0, 0.05) is 61.1 Å². The molecule has 0 spiro atoms. The number of amides is 1. The lowest BCUT2D eigenvalue weighted by atomic mass is 9.72. The monoisotopic (exact) mass is 932 g/mol. The molecular weight excluding hydrogens is 872 g/mol. The summed E-state index contributed by atoms with van der Waals surface area (Å²) < 4.78 is 41.7. The molecular formula is C47H61FN8O7S2. The van der Waals surface area contributed by atoms with Crippen LogP contribution in [0.15, 0.2) is 90.6 Å². The number of halogens is 1. The Hall–Kier alpha value is -5.43. The van der Waals surface area contributed by atoms with E-state index in [-0.39, 0.29) is 32.2 Å². The third-order valence-corrected chi connectivity index (χ3v) is 13.9. The second-order valence-electron chi connectivity index (χ2n) is 17.4. The van der Waals surface area contributed by atoms with Crippen LogP contribution in [0.1, 0.15) is 115 Å². The van der Waals surface area contributed by atoms with Crippen molar-refractivity contribution in [3.63, 3.8) is 0 Å². The summed E-state index contributed by atoms with van der Waals surface area (Å²) in [5.41, 5.74) is 8.48. The number of hydrogen-bond acceptors (Lipinski definition) is 12. The van der Waals surface area contributed by atoms with Gasteiger partial charge in [-0.2, -0.15) is 0 Å². The number of carbonyl (C=O) groups excluding carboxylic acids is 1. The van der Waals surface area contributed by atoms with Crippen LogP contribution in [-0.4, -0.2) is 74.8 Å². The maximum atomic E-state index is 13.4. The van der Waals surface area contributed by atoms with Gasteiger partial charge in [-0.25, -0.2) is 27.7 Å². The minimum atomic E-state index is -3.82. The van der Waals surface area contributed by atoms with E-state index in [2.05, 4.69) is 65.4 Å². The lowest BCUT2D eigenvalue weighted by molar-refractivity contribution is -0.131.